The van der Waals surface area contributed by atoms with Crippen LogP contribution in [0, 0.1) is 0 Å². The van der Waals surface area contributed by atoms with Gasteiger partial charge in [-0.25, -0.2) is 14.8 Å². The molecule has 2 fully saturated rings. The van der Waals surface area contributed by atoms with Gasteiger partial charge in [0.05, 0.1) is 11.3 Å². The number of anilines is 2. The van der Waals surface area contributed by atoms with Crippen LogP contribution >= 0.6 is 0 Å². The van der Waals surface area contributed by atoms with Gasteiger partial charge in [0.1, 0.15) is 11.6 Å². The summed E-state index contributed by atoms with van der Waals surface area (Å²) in [6, 6.07) is 7.68. The molecule has 1 aliphatic carbocycles. The maximum Gasteiger partial charge on any atom is 0.335 e. The highest BCUT2D eigenvalue weighted by Gasteiger charge is 2.19. The van der Waals surface area contributed by atoms with Crippen molar-refractivity contribution in [1.82, 2.24) is 14.9 Å². The van der Waals surface area contributed by atoms with E-state index < -0.39 is 5.97 Å². The van der Waals surface area contributed by atoms with Crippen LogP contribution in [-0.4, -0.2) is 65.2 Å². The van der Waals surface area contributed by atoms with Crippen molar-refractivity contribution in [2.24, 2.45) is 0 Å². The van der Waals surface area contributed by atoms with Crippen LogP contribution in [0.5, 0.6) is 0 Å². The standard InChI is InChI=1S/C22H29N5O2/c1-26-9-11-27(12-10-26)21-15-17(22(28)29)13-19(25-21)16-7-8-23-20(14-16)24-18-5-3-2-4-6-18/h7-8,13-15,18H,2-6,9-12H2,1H3,(H,23,24)(H,28,29). The minimum Gasteiger partial charge on any atom is -0.478 e. The van der Waals surface area contributed by atoms with Gasteiger partial charge in [-0.15, -0.1) is 0 Å². The van der Waals surface area contributed by atoms with Crippen LogP contribution in [0.1, 0.15) is 42.5 Å². The highest BCUT2D eigenvalue weighted by atomic mass is 16.4. The van der Waals surface area contributed by atoms with Gasteiger partial charge in [-0.2, -0.15) is 0 Å². The Morgan fingerprint density at radius 2 is 1.86 bits per heavy atom. The molecule has 3 heterocycles. The van der Waals surface area contributed by atoms with Crippen molar-refractivity contribution in [2.75, 3.05) is 43.4 Å². The SMILES string of the molecule is CN1CCN(c2cc(C(=O)O)cc(-c3ccnc(NC4CCCCC4)c3)n2)CC1. The van der Waals surface area contributed by atoms with E-state index in [1.165, 1.54) is 32.1 Å². The molecule has 0 bridgehead atoms. The monoisotopic (exact) mass is 395 g/mol. The molecule has 154 valence electrons. The van der Waals surface area contributed by atoms with E-state index in [9.17, 15) is 9.90 Å². The molecule has 2 N–H and O–H groups in total. The van der Waals surface area contributed by atoms with E-state index in [1.54, 1.807) is 18.3 Å². The van der Waals surface area contributed by atoms with Crippen molar-refractivity contribution in [1.29, 1.82) is 0 Å². The first-order chi connectivity index (χ1) is 14.1. The topological polar surface area (TPSA) is 81.6 Å². The largest absolute Gasteiger partial charge is 0.478 e. The molecule has 0 atom stereocenters. The number of aromatic carboxylic acids is 1. The molecule has 0 unspecified atom stereocenters. The van der Waals surface area contributed by atoms with Crippen LogP contribution < -0.4 is 10.2 Å². The fourth-order valence-electron chi connectivity index (χ4n) is 4.11. The van der Waals surface area contributed by atoms with E-state index in [0.717, 1.165) is 43.4 Å². The summed E-state index contributed by atoms with van der Waals surface area (Å²) in [5, 5.41) is 13.2. The van der Waals surface area contributed by atoms with Gasteiger partial charge < -0.3 is 20.2 Å². The summed E-state index contributed by atoms with van der Waals surface area (Å²) in [4.78, 5) is 25.4. The van der Waals surface area contributed by atoms with Crippen LogP contribution in [0.2, 0.25) is 0 Å². The zero-order valence-electron chi connectivity index (χ0n) is 17.0. The molecule has 4 rings (SSSR count). The number of hydrogen-bond donors (Lipinski definition) is 2. The van der Waals surface area contributed by atoms with E-state index in [1.807, 2.05) is 12.1 Å². The first-order valence-corrected chi connectivity index (χ1v) is 10.5. The fourth-order valence-corrected chi connectivity index (χ4v) is 4.11. The van der Waals surface area contributed by atoms with E-state index in [0.29, 0.717) is 11.7 Å². The number of nitrogens with zero attached hydrogens (tertiary/aromatic N) is 4. The molecule has 1 aliphatic heterocycles. The number of nitrogens with one attached hydrogen (secondary N) is 1. The molecule has 2 aliphatic rings. The number of carbonyl (C=O) groups is 1. The molecule has 2 aromatic heterocycles. The lowest BCUT2D eigenvalue weighted by Gasteiger charge is -2.33. The third kappa shape index (κ3) is 4.85. The number of piperazine rings is 1. The third-order valence-electron chi connectivity index (χ3n) is 5.90. The Morgan fingerprint density at radius 1 is 1.10 bits per heavy atom. The Labute approximate surface area is 171 Å². The zero-order valence-corrected chi connectivity index (χ0v) is 17.0. The van der Waals surface area contributed by atoms with Crippen molar-refractivity contribution in [3.63, 3.8) is 0 Å². The molecule has 0 spiro atoms. The Morgan fingerprint density at radius 3 is 2.59 bits per heavy atom. The Kier molecular flexibility index (Phi) is 5.94. The molecule has 7 nitrogen and oxygen atoms in total. The second-order valence-electron chi connectivity index (χ2n) is 8.10. The van der Waals surface area contributed by atoms with Gasteiger partial charge in [-0.3, -0.25) is 0 Å². The van der Waals surface area contributed by atoms with Crippen molar-refractivity contribution in [3.8, 4) is 11.3 Å². The number of likely N-dealkylation sites (N-methyl/N-ethyl adjacent to an activating group) is 1. The minimum absolute atomic E-state index is 0.266. The normalized spacial score (nSPS) is 18.6. The summed E-state index contributed by atoms with van der Waals surface area (Å²) >= 11 is 0. The fraction of sp³-hybridized carbons (Fsp3) is 0.500. The minimum atomic E-state index is -0.932. The summed E-state index contributed by atoms with van der Waals surface area (Å²) < 4.78 is 0. The summed E-state index contributed by atoms with van der Waals surface area (Å²) in [6.45, 7) is 3.58. The van der Waals surface area contributed by atoms with Gasteiger partial charge in [0.2, 0.25) is 0 Å². The highest BCUT2D eigenvalue weighted by molar-refractivity contribution is 5.90. The third-order valence-corrected chi connectivity index (χ3v) is 5.90. The lowest BCUT2D eigenvalue weighted by molar-refractivity contribution is 0.0697. The van der Waals surface area contributed by atoms with Crippen molar-refractivity contribution < 1.29 is 9.90 Å². The van der Waals surface area contributed by atoms with Gasteiger partial charge in [0.15, 0.2) is 0 Å². The lowest BCUT2D eigenvalue weighted by atomic mass is 9.95. The molecule has 7 heteroatoms. The lowest BCUT2D eigenvalue weighted by Crippen LogP contribution is -2.44. The maximum atomic E-state index is 11.7. The van der Waals surface area contributed by atoms with Crippen LogP contribution in [0.25, 0.3) is 11.3 Å². The van der Waals surface area contributed by atoms with E-state index >= 15 is 0 Å². The van der Waals surface area contributed by atoms with Gasteiger partial charge in [0, 0.05) is 44.0 Å². The molecular formula is C22H29N5O2. The van der Waals surface area contributed by atoms with Gasteiger partial charge >= 0.3 is 5.97 Å². The second-order valence-corrected chi connectivity index (χ2v) is 8.10. The average molecular weight is 396 g/mol. The van der Waals surface area contributed by atoms with E-state index in [-0.39, 0.29) is 5.56 Å². The van der Waals surface area contributed by atoms with Crippen LogP contribution in [0.15, 0.2) is 30.5 Å². The van der Waals surface area contributed by atoms with Crippen molar-refractivity contribution in [3.05, 3.63) is 36.0 Å². The second kappa shape index (κ2) is 8.78. The summed E-state index contributed by atoms with van der Waals surface area (Å²) in [5.41, 5.74) is 1.83. The average Bonchev–Trinajstić information content (AvgIpc) is 2.75. The number of hydrogen-bond acceptors (Lipinski definition) is 6. The first-order valence-electron chi connectivity index (χ1n) is 10.5. The highest BCUT2D eigenvalue weighted by Crippen LogP contribution is 2.27. The van der Waals surface area contributed by atoms with Crippen molar-refractivity contribution in [2.45, 2.75) is 38.1 Å². The zero-order chi connectivity index (χ0) is 20.2. The summed E-state index contributed by atoms with van der Waals surface area (Å²) in [5.74, 6) is 0.628. The summed E-state index contributed by atoms with van der Waals surface area (Å²) in [6.07, 6.45) is 7.94. The molecule has 0 aromatic carbocycles. The number of carboxylic acids is 1. The molecule has 29 heavy (non-hydrogen) atoms. The van der Waals surface area contributed by atoms with Crippen molar-refractivity contribution >= 4 is 17.6 Å². The predicted molar refractivity (Wildman–Crippen MR) is 115 cm³/mol. The Balaban J connectivity index is 1.61. The first kappa shape index (κ1) is 19.6. The number of aromatic nitrogens is 2. The molecule has 1 saturated carbocycles. The number of pyridine rings is 2. The summed E-state index contributed by atoms with van der Waals surface area (Å²) in [7, 11) is 2.10. The van der Waals surface area contributed by atoms with Crippen LogP contribution in [0.3, 0.4) is 0 Å². The molecule has 0 amide bonds. The van der Waals surface area contributed by atoms with Crippen LogP contribution in [0.4, 0.5) is 11.6 Å². The van der Waals surface area contributed by atoms with Gasteiger partial charge in [0.25, 0.3) is 0 Å². The van der Waals surface area contributed by atoms with E-state index in [2.05, 4.69) is 27.1 Å². The molecule has 2 aromatic rings. The molecular weight excluding hydrogens is 366 g/mol. The van der Waals surface area contributed by atoms with Crippen LogP contribution in [-0.2, 0) is 0 Å². The maximum absolute atomic E-state index is 11.7. The number of carboxylic acid groups (broad SMARTS) is 1. The number of rotatable bonds is 5. The van der Waals surface area contributed by atoms with E-state index in [4.69, 9.17) is 4.98 Å². The molecule has 1 saturated heterocycles. The Hall–Kier alpha value is -2.67. The van der Waals surface area contributed by atoms with Gasteiger partial charge in [-0.05, 0) is 44.2 Å². The Bertz CT molecular complexity index is 858. The quantitative estimate of drug-likeness (QED) is 0.803. The smallest absolute Gasteiger partial charge is 0.335 e. The van der Waals surface area contributed by atoms with Gasteiger partial charge in [-0.1, -0.05) is 19.3 Å². The predicted octanol–water partition coefficient (Wildman–Crippen LogP) is 3.34. The molecule has 0 radical (unpaired) electrons.